The van der Waals surface area contributed by atoms with Crippen molar-refractivity contribution in [3.8, 4) is 0 Å². The van der Waals surface area contributed by atoms with Gasteiger partial charge in [-0.1, -0.05) is 13.3 Å². The molecule has 1 saturated carbocycles. The molecule has 2 fully saturated rings. The van der Waals surface area contributed by atoms with E-state index in [2.05, 4.69) is 11.9 Å². The molecule has 28 heavy (non-hydrogen) atoms. The highest BCUT2D eigenvalue weighted by Gasteiger charge is 2.42. The summed E-state index contributed by atoms with van der Waals surface area (Å²) in [5, 5.41) is 0. The van der Waals surface area contributed by atoms with E-state index in [1.54, 1.807) is 0 Å². The average molecular weight is 383 g/mol. The molecule has 1 spiro atoms. The Kier molecular flexibility index (Phi) is 5.00. The minimum absolute atomic E-state index is 0.105. The predicted molar refractivity (Wildman–Crippen MR) is 112 cm³/mol. The summed E-state index contributed by atoms with van der Waals surface area (Å²) in [6, 6.07) is 7.69. The van der Waals surface area contributed by atoms with E-state index in [0.29, 0.717) is 17.4 Å². The number of guanidine groups is 2. The van der Waals surface area contributed by atoms with Crippen LogP contribution < -0.4 is 16.4 Å². The van der Waals surface area contributed by atoms with Gasteiger partial charge in [-0.2, -0.15) is 4.99 Å². The molecule has 150 valence electrons. The normalized spacial score (nSPS) is 22.8. The highest BCUT2D eigenvalue weighted by Crippen LogP contribution is 2.39. The fraction of sp³-hybridized carbons (Fsp3) is 0.571. The van der Waals surface area contributed by atoms with Crippen molar-refractivity contribution in [1.29, 1.82) is 0 Å². The van der Waals surface area contributed by atoms with Crippen molar-refractivity contribution in [3.05, 3.63) is 29.8 Å². The maximum atomic E-state index is 12.8. The first-order chi connectivity index (χ1) is 13.5. The standard InChI is InChI=1S/C21H30N6O/c1-15-9-13-26(14-10-15)18(28)16-5-7-17(8-6-16)27-20(23)24-19(22)25-21(27)11-3-2-4-12-21/h5-8,15H,2-4,9-14H2,1H3,(H4,22,23,24,25). The van der Waals surface area contributed by atoms with E-state index in [1.165, 1.54) is 6.42 Å². The van der Waals surface area contributed by atoms with Gasteiger partial charge in [0.25, 0.3) is 5.91 Å². The maximum Gasteiger partial charge on any atom is 0.253 e. The van der Waals surface area contributed by atoms with Crippen molar-refractivity contribution < 1.29 is 4.79 Å². The van der Waals surface area contributed by atoms with Crippen LogP contribution in [0.4, 0.5) is 5.69 Å². The van der Waals surface area contributed by atoms with Gasteiger partial charge in [-0.3, -0.25) is 9.69 Å². The van der Waals surface area contributed by atoms with E-state index in [9.17, 15) is 4.79 Å². The number of piperidine rings is 1. The molecule has 7 nitrogen and oxygen atoms in total. The first kappa shape index (κ1) is 18.8. The van der Waals surface area contributed by atoms with E-state index in [1.807, 2.05) is 34.1 Å². The van der Waals surface area contributed by atoms with Gasteiger partial charge in [0.15, 0.2) is 0 Å². The molecule has 0 aromatic heterocycles. The SMILES string of the molecule is CC1CCN(C(=O)c2ccc(N3C(N)=NC(N)=NC34CCCCC4)cc2)CC1. The molecule has 0 unspecified atom stereocenters. The molecule has 4 rings (SSSR count). The van der Waals surface area contributed by atoms with Crippen LogP contribution in [-0.2, 0) is 0 Å². The lowest BCUT2D eigenvalue weighted by atomic mass is 9.87. The molecule has 0 atom stereocenters. The van der Waals surface area contributed by atoms with Gasteiger partial charge in [0, 0.05) is 24.3 Å². The highest BCUT2D eigenvalue weighted by molar-refractivity contribution is 6.06. The van der Waals surface area contributed by atoms with Gasteiger partial charge in [0.05, 0.1) is 0 Å². The van der Waals surface area contributed by atoms with E-state index in [0.717, 1.165) is 57.3 Å². The zero-order valence-electron chi connectivity index (χ0n) is 16.6. The third kappa shape index (κ3) is 3.45. The Morgan fingerprint density at radius 3 is 2.36 bits per heavy atom. The summed E-state index contributed by atoms with van der Waals surface area (Å²) in [4.78, 5) is 25.7. The number of hydrogen-bond acceptors (Lipinski definition) is 6. The fourth-order valence-corrected chi connectivity index (χ4v) is 4.64. The fourth-order valence-electron chi connectivity index (χ4n) is 4.64. The molecule has 2 aliphatic heterocycles. The minimum atomic E-state index is -0.456. The number of aliphatic imine (C=N–C) groups is 2. The first-order valence-electron chi connectivity index (χ1n) is 10.4. The Bertz CT molecular complexity index is 786. The number of carbonyl (C=O) groups is 1. The van der Waals surface area contributed by atoms with Gasteiger partial charge in [-0.25, -0.2) is 4.99 Å². The zero-order chi connectivity index (χ0) is 19.7. The van der Waals surface area contributed by atoms with Crippen LogP contribution in [0.1, 0.15) is 62.2 Å². The Morgan fingerprint density at radius 1 is 1.07 bits per heavy atom. The zero-order valence-corrected chi connectivity index (χ0v) is 16.6. The summed E-state index contributed by atoms with van der Waals surface area (Å²) in [7, 11) is 0. The second-order valence-electron chi connectivity index (χ2n) is 8.34. The number of nitrogens with two attached hydrogens (primary N) is 2. The van der Waals surface area contributed by atoms with Gasteiger partial charge >= 0.3 is 0 Å². The number of carbonyl (C=O) groups excluding carboxylic acids is 1. The molecule has 1 aromatic rings. The summed E-state index contributed by atoms with van der Waals surface area (Å²) in [6.07, 6.45) is 7.32. The Balaban J connectivity index is 1.57. The van der Waals surface area contributed by atoms with Gasteiger partial charge in [0.1, 0.15) is 5.66 Å². The molecule has 3 aliphatic rings. The maximum absolute atomic E-state index is 12.8. The monoisotopic (exact) mass is 382 g/mol. The Labute approximate surface area is 166 Å². The lowest BCUT2D eigenvalue weighted by Crippen LogP contribution is -2.58. The largest absolute Gasteiger partial charge is 0.369 e. The number of anilines is 1. The lowest BCUT2D eigenvalue weighted by molar-refractivity contribution is 0.0697. The molecule has 1 amide bonds. The van der Waals surface area contributed by atoms with E-state index < -0.39 is 5.66 Å². The second-order valence-corrected chi connectivity index (χ2v) is 8.34. The van der Waals surface area contributed by atoms with Crippen LogP contribution in [0.5, 0.6) is 0 Å². The smallest absolute Gasteiger partial charge is 0.253 e. The number of amides is 1. The molecule has 1 saturated heterocycles. The second kappa shape index (κ2) is 7.45. The number of hydrogen-bond donors (Lipinski definition) is 2. The summed E-state index contributed by atoms with van der Waals surface area (Å²) < 4.78 is 0. The molecule has 0 bridgehead atoms. The van der Waals surface area contributed by atoms with Crippen LogP contribution in [0.2, 0.25) is 0 Å². The number of rotatable bonds is 2. The quantitative estimate of drug-likeness (QED) is 0.821. The van der Waals surface area contributed by atoms with Crippen molar-refractivity contribution in [1.82, 2.24) is 4.90 Å². The van der Waals surface area contributed by atoms with E-state index in [4.69, 9.17) is 16.5 Å². The molecule has 2 heterocycles. The minimum Gasteiger partial charge on any atom is -0.369 e. The molecular weight excluding hydrogens is 352 g/mol. The van der Waals surface area contributed by atoms with E-state index >= 15 is 0 Å². The van der Waals surface area contributed by atoms with Crippen molar-refractivity contribution in [3.63, 3.8) is 0 Å². The van der Waals surface area contributed by atoms with E-state index in [-0.39, 0.29) is 11.9 Å². The summed E-state index contributed by atoms with van der Waals surface area (Å²) in [6.45, 7) is 3.92. The molecule has 0 radical (unpaired) electrons. The predicted octanol–water partition coefficient (Wildman–Crippen LogP) is 2.67. The molecule has 7 heteroatoms. The number of nitrogens with zero attached hydrogens (tertiary/aromatic N) is 4. The van der Waals surface area contributed by atoms with Crippen LogP contribution in [-0.4, -0.2) is 41.5 Å². The van der Waals surface area contributed by atoms with Gasteiger partial charge in [-0.05, 0) is 68.7 Å². The highest BCUT2D eigenvalue weighted by atomic mass is 16.2. The van der Waals surface area contributed by atoms with Crippen molar-refractivity contribution in [2.24, 2.45) is 27.4 Å². The van der Waals surface area contributed by atoms with Crippen LogP contribution >= 0.6 is 0 Å². The van der Waals surface area contributed by atoms with Crippen molar-refractivity contribution in [2.75, 3.05) is 18.0 Å². The first-order valence-corrected chi connectivity index (χ1v) is 10.4. The molecule has 1 aromatic carbocycles. The Morgan fingerprint density at radius 2 is 1.71 bits per heavy atom. The van der Waals surface area contributed by atoms with Gasteiger partial charge < -0.3 is 16.4 Å². The summed E-state index contributed by atoms with van der Waals surface area (Å²) in [5.74, 6) is 1.43. The average Bonchev–Trinajstić information content (AvgIpc) is 2.68. The molecule has 1 aliphatic carbocycles. The van der Waals surface area contributed by atoms with Crippen molar-refractivity contribution in [2.45, 2.75) is 57.5 Å². The van der Waals surface area contributed by atoms with Gasteiger partial charge in [0.2, 0.25) is 11.9 Å². The summed E-state index contributed by atoms with van der Waals surface area (Å²) in [5.41, 5.74) is 13.4. The third-order valence-corrected chi connectivity index (χ3v) is 6.29. The summed E-state index contributed by atoms with van der Waals surface area (Å²) >= 11 is 0. The molecule has 4 N–H and O–H groups in total. The molecular formula is C21H30N6O. The van der Waals surface area contributed by atoms with Crippen LogP contribution in [0.3, 0.4) is 0 Å². The van der Waals surface area contributed by atoms with Crippen molar-refractivity contribution >= 4 is 23.5 Å². The van der Waals surface area contributed by atoms with Crippen LogP contribution in [0.15, 0.2) is 34.3 Å². The topological polar surface area (TPSA) is 100 Å². The van der Waals surface area contributed by atoms with Crippen LogP contribution in [0, 0.1) is 5.92 Å². The third-order valence-electron chi connectivity index (χ3n) is 6.29. The number of likely N-dealkylation sites (tertiary alicyclic amines) is 1. The lowest BCUT2D eigenvalue weighted by Gasteiger charge is -2.45. The van der Waals surface area contributed by atoms with Crippen LogP contribution in [0.25, 0.3) is 0 Å². The van der Waals surface area contributed by atoms with Gasteiger partial charge in [-0.15, -0.1) is 0 Å². The Hall–Kier alpha value is -2.57. The number of benzene rings is 1.